The molecule has 0 amide bonds. The average molecular weight is 173 g/mol. The van der Waals surface area contributed by atoms with E-state index in [-0.39, 0.29) is 12.2 Å². The van der Waals surface area contributed by atoms with Gasteiger partial charge in [-0.1, -0.05) is 6.92 Å². The molecule has 1 rings (SSSR count). The highest BCUT2D eigenvalue weighted by molar-refractivity contribution is 4.86. The standard InChI is InChI=1S/C9H19NO2/c1-4-9(3,11)8-6-10-5-7(2)12-8/h7-8,10-11H,4-6H2,1-3H3/t7-,8-,9?/m1/s1. The molecule has 1 aliphatic rings. The number of rotatable bonds is 2. The summed E-state index contributed by atoms with van der Waals surface area (Å²) in [6.07, 6.45) is 0.875. The summed E-state index contributed by atoms with van der Waals surface area (Å²) in [4.78, 5) is 0. The zero-order valence-electron chi connectivity index (χ0n) is 8.13. The van der Waals surface area contributed by atoms with Crippen LogP contribution in [0.5, 0.6) is 0 Å². The van der Waals surface area contributed by atoms with Gasteiger partial charge in [-0.3, -0.25) is 0 Å². The highest BCUT2D eigenvalue weighted by Gasteiger charge is 2.33. The van der Waals surface area contributed by atoms with E-state index in [0.717, 1.165) is 19.5 Å². The molecule has 0 bridgehead atoms. The van der Waals surface area contributed by atoms with Crippen LogP contribution in [-0.2, 0) is 4.74 Å². The molecule has 0 radical (unpaired) electrons. The van der Waals surface area contributed by atoms with Gasteiger partial charge < -0.3 is 15.2 Å². The number of hydrogen-bond acceptors (Lipinski definition) is 3. The third-order valence-corrected chi connectivity index (χ3v) is 2.57. The molecule has 0 aromatic carbocycles. The van der Waals surface area contributed by atoms with Crippen LogP contribution in [0.15, 0.2) is 0 Å². The molecule has 0 spiro atoms. The Balaban J connectivity index is 2.50. The predicted octanol–water partition coefficient (Wildman–Crippen LogP) is 0.524. The zero-order chi connectivity index (χ0) is 9.19. The van der Waals surface area contributed by atoms with Gasteiger partial charge in [0, 0.05) is 13.1 Å². The monoisotopic (exact) mass is 173 g/mol. The van der Waals surface area contributed by atoms with E-state index in [2.05, 4.69) is 5.32 Å². The smallest absolute Gasteiger partial charge is 0.0987 e. The van der Waals surface area contributed by atoms with Crippen LogP contribution in [0.4, 0.5) is 0 Å². The second-order valence-electron chi connectivity index (χ2n) is 3.80. The van der Waals surface area contributed by atoms with Gasteiger partial charge >= 0.3 is 0 Å². The first-order chi connectivity index (χ1) is 5.56. The molecule has 72 valence electrons. The number of hydrogen-bond donors (Lipinski definition) is 2. The lowest BCUT2D eigenvalue weighted by Crippen LogP contribution is -2.53. The molecule has 3 atom stereocenters. The van der Waals surface area contributed by atoms with Gasteiger partial charge in [-0.25, -0.2) is 0 Å². The van der Waals surface area contributed by atoms with Gasteiger partial charge in [-0.2, -0.15) is 0 Å². The summed E-state index contributed by atoms with van der Waals surface area (Å²) in [5.41, 5.74) is -0.693. The van der Waals surface area contributed by atoms with Crippen LogP contribution in [-0.4, -0.2) is 36.0 Å². The first-order valence-electron chi connectivity index (χ1n) is 4.65. The van der Waals surface area contributed by atoms with Crippen molar-refractivity contribution in [2.24, 2.45) is 0 Å². The minimum atomic E-state index is -0.693. The fourth-order valence-corrected chi connectivity index (χ4v) is 1.39. The van der Waals surface area contributed by atoms with Crippen LogP contribution < -0.4 is 5.32 Å². The molecule has 2 N–H and O–H groups in total. The minimum Gasteiger partial charge on any atom is -0.387 e. The summed E-state index contributed by atoms with van der Waals surface area (Å²) in [6, 6.07) is 0. The van der Waals surface area contributed by atoms with Gasteiger partial charge in [-0.05, 0) is 20.3 Å². The number of nitrogens with one attached hydrogen (secondary N) is 1. The van der Waals surface area contributed by atoms with Crippen molar-refractivity contribution >= 4 is 0 Å². The van der Waals surface area contributed by atoms with E-state index in [0.29, 0.717) is 0 Å². The SMILES string of the molecule is CCC(C)(O)[C@H]1CNC[C@@H](C)O1. The molecule has 1 saturated heterocycles. The lowest BCUT2D eigenvalue weighted by Gasteiger charge is -2.37. The molecule has 0 saturated carbocycles. The number of morpholine rings is 1. The molecule has 1 fully saturated rings. The molecule has 0 aromatic heterocycles. The Hall–Kier alpha value is -0.120. The molecule has 1 heterocycles. The third-order valence-electron chi connectivity index (χ3n) is 2.57. The van der Waals surface area contributed by atoms with Crippen molar-refractivity contribution in [1.29, 1.82) is 0 Å². The maximum Gasteiger partial charge on any atom is 0.0987 e. The molecule has 1 unspecified atom stereocenters. The topological polar surface area (TPSA) is 41.5 Å². The molecule has 0 aliphatic carbocycles. The van der Waals surface area contributed by atoms with Gasteiger partial charge in [-0.15, -0.1) is 0 Å². The fourth-order valence-electron chi connectivity index (χ4n) is 1.39. The van der Waals surface area contributed by atoms with E-state index in [1.807, 2.05) is 20.8 Å². The van der Waals surface area contributed by atoms with Gasteiger partial charge in [0.25, 0.3) is 0 Å². The Morgan fingerprint density at radius 1 is 1.58 bits per heavy atom. The second kappa shape index (κ2) is 3.73. The van der Waals surface area contributed by atoms with Crippen LogP contribution in [0.2, 0.25) is 0 Å². The molecular formula is C9H19NO2. The van der Waals surface area contributed by atoms with Gasteiger partial charge in [0.05, 0.1) is 17.8 Å². The van der Waals surface area contributed by atoms with Crippen LogP contribution >= 0.6 is 0 Å². The van der Waals surface area contributed by atoms with Crippen LogP contribution in [0.25, 0.3) is 0 Å². The first-order valence-corrected chi connectivity index (χ1v) is 4.65. The van der Waals surface area contributed by atoms with Crippen molar-refractivity contribution in [2.75, 3.05) is 13.1 Å². The zero-order valence-corrected chi connectivity index (χ0v) is 8.13. The van der Waals surface area contributed by atoms with E-state index in [1.54, 1.807) is 0 Å². The van der Waals surface area contributed by atoms with Crippen LogP contribution in [0.3, 0.4) is 0 Å². The van der Waals surface area contributed by atoms with Crippen molar-refractivity contribution in [2.45, 2.75) is 45.0 Å². The summed E-state index contributed by atoms with van der Waals surface area (Å²) in [7, 11) is 0. The maximum absolute atomic E-state index is 9.90. The summed E-state index contributed by atoms with van der Waals surface area (Å²) in [5.74, 6) is 0. The molecule has 0 aromatic rings. The summed E-state index contributed by atoms with van der Waals surface area (Å²) < 4.78 is 5.63. The summed E-state index contributed by atoms with van der Waals surface area (Å²) in [6.45, 7) is 7.46. The minimum absolute atomic E-state index is 0.0637. The van der Waals surface area contributed by atoms with Gasteiger partial charge in [0.15, 0.2) is 0 Å². The Morgan fingerprint density at radius 2 is 2.25 bits per heavy atom. The van der Waals surface area contributed by atoms with Crippen LogP contribution in [0, 0.1) is 0 Å². The molecular weight excluding hydrogens is 154 g/mol. The van der Waals surface area contributed by atoms with Crippen molar-refractivity contribution in [3.05, 3.63) is 0 Å². The summed E-state index contributed by atoms with van der Waals surface area (Å²) in [5, 5.41) is 13.1. The Labute approximate surface area is 74.1 Å². The Kier molecular flexibility index (Phi) is 3.09. The van der Waals surface area contributed by atoms with E-state index in [9.17, 15) is 5.11 Å². The quantitative estimate of drug-likeness (QED) is 0.640. The summed E-state index contributed by atoms with van der Waals surface area (Å²) >= 11 is 0. The Morgan fingerprint density at radius 3 is 2.75 bits per heavy atom. The average Bonchev–Trinajstić information content (AvgIpc) is 2.05. The molecule has 3 nitrogen and oxygen atoms in total. The maximum atomic E-state index is 9.90. The fraction of sp³-hybridized carbons (Fsp3) is 1.00. The third kappa shape index (κ3) is 2.19. The van der Waals surface area contributed by atoms with Gasteiger partial charge in [0.1, 0.15) is 0 Å². The van der Waals surface area contributed by atoms with E-state index in [4.69, 9.17) is 4.74 Å². The van der Waals surface area contributed by atoms with E-state index >= 15 is 0 Å². The first kappa shape index (κ1) is 9.96. The van der Waals surface area contributed by atoms with Crippen molar-refractivity contribution in [3.63, 3.8) is 0 Å². The van der Waals surface area contributed by atoms with Crippen LogP contribution in [0.1, 0.15) is 27.2 Å². The van der Waals surface area contributed by atoms with E-state index in [1.165, 1.54) is 0 Å². The van der Waals surface area contributed by atoms with Crippen molar-refractivity contribution in [1.82, 2.24) is 5.32 Å². The normalized spacial score (nSPS) is 36.0. The Bertz CT molecular complexity index is 147. The van der Waals surface area contributed by atoms with E-state index < -0.39 is 5.60 Å². The largest absolute Gasteiger partial charge is 0.387 e. The molecule has 1 aliphatic heterocycles. The lowest BCUT2D eigenvalue weighted by atomic mass is 9.95. The van der Waals surface area contributed by atoms with Gasteiger partial charge in [0.2, 0.25) is 0 Å². The lowest BCUT2D eigenvalue weighted by molar-refractivity contribution is -0.136. The number of aliphatic hydroxyl groups is 1. The van der Waals surface area contributed by atoms with Crippen molar-refractivity contribution < 1.29 is 9.84 Å². The molecule has 3 heteroatoms. The predicted molar refractivity (Wildman–Crippen MR) is 48.1 cm³/mol. The van der Waals surface area contributed by atoms with Crippen molar-refractivity contribution in [3.8, 4) is 0 Å². The highest BCUT2D eigenvalue weighted by atomic mass is 16.5. The number of ether oxygens (including phenoxy) is 1. The highest BCUT2D eigenvalue weighted by Crippen LogP contribution is 2.20. The second-order valence-corrected chi connectivity index (χ2v) is 3.80. The molecule has 12 heavy (non-hydrogen) atoms.